The van der Waals surface area contributed by atoms with E-state index in [1.165, 1.54) is 5.56 Å². The molecule has 0 aliphatic carbocycles. The smallest absolute Gasteiger partial charge is 0.309 e. The third-order valence-electron chi connectivity index (χ3n) is 5.19. The maximum atomic E-state index is 11.9. The molecule has 1 N–H and O–H groups in total. The van der Waals surface area contributed by atoms with E-state index in [0.717, 1.165) is 44.2 Å². The van der Waals surface area contributed by atoms with Crippen LogP contribution >= 0.6 is 24.0 Å². The minimum absolute atomic E-state index is 0. The molecule has 6 nitrogen and oxygen atoms in total. The van der Waals surface area contributed by atoms with E-state index in [9.17, 15) is 4.79 Å². The highest BCUT2D eigenvalue weighted by molar-refractivity contribution is 14.0. The Morgan fingerprint density at radius 2 is 1.86 bits per heavy atom. The number of ether oxygens (including phenoxy) is 2. The molecule has 0 amide bonds. The van der Waals surface area contributed by atoms with Crippen molar-refractivity contribution >= 4 is 35.9 Å². The summed E-state index contributed by atoms with van der Waals surface area (Å²) in [7, 11) is 3.48. The van der Waals surface area contributed by atoms with E-state index in [1.807, 2.05) is 19.1 Å². The van der Waals surface area contributed by atoms with Crippen LogP contribution in [0.4, 0.5) is 0 Å². The second-order valence-electron chi connectivity index (χ2n) is 7.53. The van der Waals surface area contributed by atoms with Crippen molar-refractivity contribution in [3.05, 3.63) is 29.8 Å². The maximum absolute atomic E-state index is 11.9. The van der Waals surface area contributed by atoms with Gasteiger partial charge in [0.05, 0.1) is 19.6 Å². The number of esters is 1. The number of benzene rings is 1. The van der Waals surface area contributed by atoms with Crippen LogP contribution < -0.4 is 10.1 Å². The third kappa shape index (κ3) is 6.53. The van der Waals surface area contributed by atoms with Gasteiger partial charge in [0.25, 0.3) is 0 Å². The second kappa shape index (κ2) is 11.5. The summed E-state index contributed by atoms with van der Waals surface area (Å²) in [6.07, 6.45) is 1.61. The number of guanidine groups is 1. The predicted octanol–water partition coefficient (Wildman–Crippen LogP) is 3.44. The summed E-state index contributed by atoms with van der Waals surface area (Å²) in [6, 6.07) is 8.19. The average Bonchev–Trinajstić information content (AvgIpc) is 2.69. The SMILES string of the molecule is CCOC(=O)C1CCN(C(=NC)NCC(C)(C)c2ccc(OC)cc2)CC1.I. The number of piperidine rings is 1. The molecular weight excluding hydrogens is 469 g/mol. The van der Waals surface area contributed by atoms with Gasteiger partial charge < -0.3 is 19.7 Å². The van der Waals surface area contributed by atoms with Crippen LogP contribution in [0, 0.1) is 5.92 Å². The topological polar surface area (TPSA) is 63.2 Å². The summed E-state index contributed by atoms with van der Waals surface area (Å²) in [5, 5.41) is 3.50. The molecule has 158 valence electrons. The van der Waals surface area contributed by atoms with E-state index in [1.54, 1.807) is 14.2 Å². The van der Waals surface area contributed by atoms with Crippen LogP contribution in [0.3, 0.4) is 0 Å². The van der Waals surface area contributed by atoms with Crippen molar-refractivity contribution in [1.82, 2.24) is 10.2 Å². The summed E-state index contributed by atoms with van der Waals surface area (Å²) in [6.45, 7) is 9.11. The zero-order valence-corrected chi connectivity index (χ0v) is 20.0. The van der Waals surface area contributed by atoms with E-state index in [-0.39, 0.29) is 41.3 Å². The fourth-order valence-electron chi connectivity index (χ4n) is 3.36. The first kappa shape index (κ1) is 24.5. The molecule has 28 heavy (non-hydrogen) atoms. The molecule has 1 aromatic carbocycles. The number of nitrogens with one attached hydrogen (secondary N) is 1. The molecule has 1 aromatic rings. The number of hydrogen-bond donors (Lipinski definition) is 1. The normalized spacial score (nSPS) is 15.6. The van der Waals surface area contributed by atoms with Gasteiger partial charge in [0, 0.05) is 32.1 Å². The quantitative estimate of drug-likeness (QED) is 0.279. The highest BCUT2D eigenvalue weighted by atomic mass is 127. The van der Waals surface area contributed by atoms with Crippen molar-refractivity contribution in [2.24, 2.45) is 10.9 Å². The van der Waals surface area contributed by atoms with Gasteiger partial charge in [0.15, 0.2) is 5.96 Å². The Balaban J connectivity index is 0.00000392. The summed E-state index contributed by atoms with van der Waals surface area (Å²) in [5.41, 5.74) is 1.19. The van der Waals surface area contributed by atoms with Gasteiger partial charge >= 0.3 is 5.97 Å². The van der Waals surface area contributed by atoms with E-state index in [4.69, 9.17) is 9.47 Å². The van der Waals surface area contributed by atoms with Crippen LogP contribution in [-0.4, -0.2) is 57.2 Å². The Morgan fingerprint density at radius 3 is 2.36 bits per heavy atom. The number of aliphatic imine (C=N–C) groups is 1. The molecule has 1 saturated heterocycles. The first-order chi connectivity index (χ1) is 12.9. The summed E-state index contributed by atoms with van der Waals surface area (Å²) >= 11 is 0. The van der Waals surface area contributed by atoms with Crippen molar-refractivity contribution in [3.63, 3.8) is 0 Å². The van der Waals surface area contributed by atoms with Crippen LogP contribution in [0.1, 0.15) is 39.2 Å². The van der Waals surface area contributed by atoms with Gasteiger partial charge in [0.2, 0.25) is 0 Å². The highest BCUT2D eigenvalue weighted by Gasteiger charge is 2.28. The molecular formula is C21H34IN3O3. The van der Waals surface area contributed by atoms with Gasteiger partial charge in [0.1, 0.15) is 5.75 Å². The van der Waals surface area contributed by atoms with E-state index < -0.39 is 0 Å². The third-order valence-corrected chi connectivity index (χ3v) is 5.19. The number of rotatable bonds is 6. The number of likely N-dealkylation sites (tertiary alicyclic amines) is 1. The first-order valence-electron chi connectivity index (χ1n) is 9.68. The molecule has 0 unspecified atom stereocenters. The fraction of sp³-hybridized carbons (Fsp3) is 0.619. The van der Waals surface area contributed by atoms with Gasteiger partial charge in [-0.15, -0.1) is 24.0 Å². The number of nitrogens with zero attached hydrogens (tertiary/aromatic N) is 2. The zero-order chi connectivity index (χ0) is 19.9. The zero-order valence-electron chi connectivity index (χ0n) is 17.7. The van der Waals surface area contributed by atoms with Gasteiger partial charge in [-0.25, -0.2) is 0 Å². The molecule has 0 spiro atoms. The van der Waals surface area contributed by atoms with Crippen LogP contribution in [0.15, 0.2) is 29.3 Å². The number of hydrogen-bond acceptors (Lipinski definition) is 4. The average molecular weight is 503 g/mol. The van der Waals surface area contributed by atoms with Crippen LogP contribution in [0.2, 0.25) is 0 Å². The van der Waals surface area contributed by atoms with Crippen molar-refractivity contribution in [1.29, 1.82) is 0 Å². The summed E-state index contributed by atoms with van der Waals surface area (Å²) in [5.74, 6) is 1.69. The van der Waals surface area contributed by atoms with Crippen molar-refractivity contribution in [3.8, 4) is 5.75 Å². The Hall–Kier alpha value is -1.51. The van der Waals surface area contributed by atoms with E-state index >= 15 is 0 Å². The molecule has 0 saturated carbocycles. The highest BCUT2D eigenvalue weighted by Crippen LogP contribution is 2.25. The molecule has 2 rings (SSSR count). The number of halogens is 1. The van der Waals surface area contributed by atoms with Gasteiger partial charge in [-0.3, -0.25) is 9.79 Å². The lowest BCUT2D eigenvalue weighted by Crippen LogP contribution is -2.49. The molecule has 7 heteroatoms. The molecule has 1 heterocycles. The summed E-state index contributed by atoms with van der Waals surface area (Å²) < 4.78 is 10.4. The predicted molar refractivity (Wildman–Crippen MR) is 124 cm³/mol. The molecule has 1 fully saturated rings. The minimum atomic E-state index is -0.0688. The second-order valence-corrected chi connectivity index (χ2v) is 7.53. The van der Waals surface area contributed by atoms with Gasteiger partial charge in [-0.1, -0.05) is 26.0 Å². The standard InChI is InChI=1S/C21H33N3O3.HI/c1-6-27-19(25)16-11-13-24(14-12-16)20(22-4)23-15-21(2,3)17-7-9-18(26-5)10-8-17;/h7-10,16H,6,11-15H2,1-5H3,(H,22,23);1H. The van der Waals surface area contributed by atoms with Crippen molar-refractivity contribution in [2.75, 3.05) is 40.4 Å². The molecule has 1 aliphatic rings. The Kier molecular flexibility index (Phi) is 10.1. The van der Waals surface area contributed by atoms with Crippen LogP contribution in [-0.2, 0) is 14.9 Å². The number of carbonyl (C=O) groups is 1. The monoisotopic (exact) mass is 503 g/mol. The fourth-order valence-corrected chi connectivity index (χ4v) is 3.36. The molecule has 0 aromatic heterocycles. The largest absolute Gasteiger partial charge is 0.497 e. The molecule has 0 bridgehead atoms. The van der Waals surface area contributed by atoms with Crippen LogP contribution in [0.25, 0.3) is 0 Å². The lowest BCUT2D eigenvalue weighted by Gasteiger charge is -2.35. The molecule has 1 aliphatic heterocycles. The van der Waals surface area contributed by atoms with Crippen LogP contribution in [0.5, 0.6) is 5.75 Å². The Bertz CT molecular complexity index is 639. The Labute approximate surface area is 186 Å². The summed E-state index contributed by atoms with van der Waals surface area (Å²) in [4.78, 5) is 18.6. The maximum Gasteiger partial charge on any atom is 0.309 e. The van der Waals surface area contributed by atoms with Gasteiger partial charge in [-0.05, 0) is 37.5 Å². The lowest BCUT2D eigenvalue weighted by molar-refractivity contribution is -0.149. The van der Waals surface area contributed by atoms with Crippen molar-refractivity contribution < 1.29 is 14.3 Å². The van der Waals surface area contributed by atoms with Gasteiger partial charge in [-0.2, -0.15) is 0 Å². The minimum Gasteiger partial charge on any atom is -0.497 e. The van der Waals surface area contributed by atoms with Crippen molar-refractivity contribution in [2.45, 2.75) is 39.0 Å². The molecule has 0 radical (unpaired) electrons. The lowest BCUT2D eigenvalue weighted by atomic mass is 9.84. The first-order valence-corrected chi connectivity index (χ1v) is 9.68. The number of methoxy groups -OCH3 is 1. The molecule has 0 atom stereocenters. The van der Waals surface area contributed by atoms with E-state index in [2.05, 4.69) is 41.2 Å². The van der Waals surface area contributed by atoms with E-state index in [0.29, 0.717) is 6.61 Å². The number of carbonyl (C=O) groups excluding carboxylic acids is 1. The Morgan fingerprint density at radius 1 is 1.25 bits per heavy atom.